The minimum Gasteiger partial charge on any atom is -0.381 e. The van der Waals surface area contributed by atoms with Crippen LogP contribution in [0, 0.1) is 5.92 Å². The van der Waals surface area contributed by atoms with E-state index in [4.69, 9.17) is 15.2 Å². The average Bonchev–Trinajstić information content (AvgIpc) is 2.78. The standard InChI is InChI=1S/C12H25NO2/c1-4-12(5-2,15-6-3)11(13)10-7-8-14-9-10/h10-11H,4-9,13H2,1-3H3. The van der Waals surface area contributed by atoms with Crippen LogP contribution in [-0.4, -0.2) is 31.5 Å². The molecule has 2 atom stereocenters. The van der Waals surface area contributed by atoms with Gasteiger partial charge < -0.3 is 15.2 Å². The lowest BCUT2D eigenvalue weighted by atomic mass is 9.80. The number of hydrogen-bond acceptors (Lipinski definition) is 3. The number of ether oxygens (including phenoxy) is 2. The molecule has 0 aromatic heterocycles. The molecule has 0 spiro atoms. The molecule has 0 amide bonds. The summed E-state index contributed by atoms with van der Waals surface area (Å²) in [4.78, 5) is 0. The summed E-state index contributed by atoms with van der Waals surface area (Å²) in [7, 11) is 0. The minimum atomic E-state index is -0.146. The fourth-order valence-corrected chi connectivity index (χ4v) is 2.57. The first kappa shape index (κ1) is 12.9. The van der Waals surface area contributed by atoms with Crippen LogP contribution in [0.1, 0.15) is 40.0 Å². The van der Waals surface area contributed by atoms with Gasteiger partial charge in [-0.3, -0.25) is 0 Å². The molecule has 0 saturated carbocycles. The summed E-state index contributed by atoms with van der Waals surface area (Å²) < 4.78 is 11.3. The Balaban J connectivity index is 2.67. The van der Waals surface area contributed by atoms with E-state index >= 15 is 0 Å². The maximum absolute atomic E-state index is 6.36. The maximum atomic E-state index is 6.36. The molecule has 2 unspecified atom stereocenters. The molecular formula is C12H25NO2. The molecule has 2 N–H and O–H groups in total. The van der Waals surface area contributed by atoms with E-state index < -0.39 is 0 Å². The van der Waals surface area contributed by atoms with Crippen LogP contribution in [0.2, 0.25) is 0 Å². The first-order valence-corrected chi connectivity index (χ1v) is 6.17. The van der Waals surface area contributed by atoms with Gasteiger partial charge >= 0.3 is 0 Å². The van der Waals surface area contributed by atoms with Gasteiger partial charge in [0.15, 0.2) is 0 Å². The van der Waals surface area contributed by atoms with E-state index in [1.54, 1.807) is 0 Å². The monoisotopic (exact) mass is 215 g/mol. The molecule has 1 aliphatic rings. The van der Waals surface area contributed by atoms with E-state index in [1.807, 2.05) is 6.92 Å². The van der Waals surface area contributed by atoms with Crippen molar-refractivity contribution < 1.29 is 9.47 Å². The molecule has 1 saturated heterocycles. The zero-order valence-corrected chi connectivity index (χ0v) is 10.3. The van der Waals surface area contributed by atoms with Crippen LogP contribution in [0.15, 0.2) is 0 Å². The molecule has 15 heavy (non-hydrogen) atoms. The van der Waals surface area contributed by atoms with Gasteiger partial charge in [0, 0.05) is 25.2 Å². The summed E-state index contributed by atoms with van der Waals surface area (Å²) in [5.41, 5.74) is 6.21. The van der Waals surface area contributed by atoms with Gasteiger partial charge in [0.1, 0.15) is 0 Å². The molecule has 0 radical (unpaired) electrons. The van der Waals surface area contributed by atoms with Crippen LogP contribution in [-0.2, 0) is 9.47 Å². The first-order chi connectivity index (χ1) is 7.20. The summed E-state index contributed by atoms with van der Waals surface area (Å²) in [5, 5.41) is 0. The van der Waals surface area contributed by atoms with E-state index in [2.05, 4.69) is 13.8 Å². The molecule has 1 heterocycles. The zero-order valence-electron chi connectivity index (χ0n) is 10.3. The molecule has 0 aliphatic carbocycles. The van der Waals surface area contributed by atoms with Crippen molar-refractivity contribution in [2.75, 3.05) is 19.8 Å². The van der Waals surface area contributed by atoms with Crippen molar-refractivity contribution in [1.29, 1.82) is 0 Å². The minimum absolute atomic E-state index is 0.106. The van der Waals surface area contributed by atoms with Crippen LogP contribution < -0.4 is 5.73 Å². The molecule has 90 valence electrons. The fraction of sp³-hybridized carbons (Fsp3) is 1.00. The largest absolute Gasteiger partial charge is 0.381 e. The molecular weight excluding hydrogens is 190 g/mol. The molecule has 0 aromatic carbocycles. The van der Waals surface area contributed by atoms with E-state index in [9.17, 15) is 0 Å². The molecule has 3 heteroatoms. The van der Waals surface area contributed by atoms with E-state index in [1.165, 1.54) is 0 Å². The smallest absolute Gasteiger partial charge is 0.0830 e. The Kier molecular flexibility index (Phi) is 5.03. The van der Waals surface area contributed by atoms with Crippen LogP contribution >= 0.6 is 0 Å². The van der Waals surface area contributed by atoms with E-state index in [0.29, 0.717) is 5.92 Å². The molecule has 1 aliphatic heterocycles. The third-order valence-corrected chi connectivity index (χ3v) is 3.71. The van der Waals surface area contributed by atoms with Gasteiger partial charge in [-0.25, -0.2) is 0 Å². The summed E-state index contributed by atoms with van der Waals surface area (Å²) in [6.07, 6.45) is 3.04. The van der Waals surface area contributed by atoms with Crippen LogP contribution in [0.3, 0.4) is 0 Å². The highest BCUT2D eigenvalue weighted by atomic mass is 16.5. The van der Waals surface area contributed by atoms with Crippen LogP contribution in [0.4, 0.5) is 0 Å². The number of hydrogen-bond donors (Lipinski definition) is 1. The lowest BCUT2D eigenvalue weighted by Crippen LogP contribution is -2.53. The van der Waals surface area contributed by atoms with Gasteiger partial charge in [-0.05, 0) is 26.2 Å². The highest BCUT2D eigenvalue weighted by Crippen LogP contribution is 2.31. The average molecular weight is 215 g/mol. The van der Waals surface area contributed by atoms with Crippen molar-refractivity contribution in [3.8, 4) is 0 Å². The van der Waals surface area contributed by atoms with Crippen molar-refractivity contribution in [2.45, 2.75) is 51.7 Å². The predicted molar refractivity (Wildman–Crippen MR) is 61.8 cm³/mol. The summed E-state index contributed by atoms with van der Waals surface area (Å²) in [6, 6.07) is 0.106. The van der Waals surface area contributed by atoms with E-state index in [0.717, 1.165) is 39.1 Å². The van der Waals surface area contributed by atoms with Gasteiger partial charge in [0.25, 0.3) is 0 Å². The lowest BCUT2D eigenvalue weighted by molar-refractivity contribution is -0.0761. The van der Waals surface area contributed by atoms with Gasteiger partial charge in [0.05, 0.1) is 12.2 Å². The quantitative estimate of drug-likeness (QED) is 0.736. The third kappa shape index (κ3) is 2.71. The van der Waals surface area contributed by atoms with Crippen molar-refractivity contribution >= 4 is 0 Å². The lowest BCUT2D eigenvalue weighted by Gasteiger charge is -2.39. The van der Waals surface area contributed by atoms with Crippen LogP contribution in [0.5, 0.6) is 0 Å². The SMILES string of the molecule is CCOC(CC)(CC)C(N)C1CCOC1. The normalized spacial score (nSPS) is 24.4. The second-order valence-corrected chi connectivity index (χ2v) is 4.35. The Labute approximate surface area is 93.3 Å². The summed E-state index contributed by atoms with van der Waals surface area (Å²) >= 11 is 0. The second kappa shape index (κ2) is 5.83. The van der Waals surface area contributed by atoms with Gasteiger partial charge in [-0.15, -0.1) is 0 Å². The maximum Gasteiger partial charge on any atom is 0.0830 e. The Hall–Kier alpha value is -0.120. The van der Waals surface area contributed by atoms with Crippen molar-refractivity contribution in [2.24, 2.45) is 11.7 Å². The molecule has 1 rings (SSSR count). The fourth-order valence-electron chi connectivity index (χ4n) is 2.57. The second-order valence-electron chi connectivity index (χ2n) is 4.35. The summed E-state index contributed by atoms with van der Waals surface area (Å²) in [5.74, 6) is 0.469. The highest BCUT2D eigenvalue weighted by Gasteiger charge is 2.39. The van der Waals surface area contributed by atoms with Gasteiger partial charge in [-0.2, -0.15) is 0 Å². The summed E-state index contributed by atoms with van der Waals surface area (Å²) in [6.45, 7) is 8.76. The first-order valence-electron chi connectivity index (χ1n) is 6.17. The van der Waals surface area contributed by atoms with Crippen molar-refractivity contribution in [3.05, 3.63) is 0 Å². The van der Waals surface area contributed by atoms with Crippen molar-refractivity contribution in [1.82, 2.24) is 0 Å². The molecule has 0 bridgehead atoms. The number of rotatable bonds is 6. The molecule has 0 aromatic rings. The molecule has 1 fully saturated rings. The third-order valence-electron chi connectivity index (χ3n) is 3.71. The predicted octanol–water partition coefficient (Wildman–Crippen LogP) is 1.95. The highest BCUT2D eigenvalue weighted by molar-refractivity contribution is 4.94. The topological polar surface area (TPSA) is 44.5 Å². The van der Waals surface area contributed by atoms with Crippen LogP contribution in [0.25, 0.3) is 0 Å². The Morgan fingerprint density at radius 3 is 2.47 bits per heavy atom. The van der Waals surface area contributed by atoms with Gasteiger partial charge in [-0.1, -0.05) is 13.8 Å². The van der Waals surface area contributed by atoms with E-state index in [-0.39, 0.29) is 11.6 Å². The Bertz CT molecular complexity index is 174. The number of nitrogens with two attached hydrogens (primary N) is 1. The van der Waals surface area contributed by atoms with Gasteiger partial charge in [0.2, 0.25) is 0 Å². The molecule has 3 nitrogen and oxygen atoms in total. The van der Waals surface area contributed by atoms with Crippen molar-refractivity contribution in [3.63, 3.8) is 0 Å². The zero-order chi connectivity index (χ0) is 11.3. The Morgan fingerprint density at radius 2 is 2.07 bits per heavy atom. The Morgan fingerprint density at radius 1 is 1.40 bits per heavy atom.